The molecular formula is C10H10KN3O2. The van der Waals surface area contributed by atoms with E-state index in [0.29, 0.717) is 22.4 Å². The number of rotatable bonds is 2. The monoisotopic (exact) mass is 243 g/mol. The maximum absolute atomic E-state index is 7.62. The molecule has 1 heterocycles. The first-order valence-electron chi connectivity index (χ1n) is 4.34. The average Bonchev–Trinajstić information content (AvgIpc) is 2.28. The molecule has 5 nitrogen and oxygen atoms in total. The maximum Gasteiger partial charge on any atom is 1.00 e. The van der Waals surface area contributed by atoms with Gasteiger partial charge in [0, 0.05) is 17.8 Å². The minimum atomic E-state index is 0. The smallest absolute Gasteiger partial charge is 0.493 e. The molecule has 0 atom stereocenters. The van der Waals surface area contributed by atoms with Gasteiger partial charge in [-0.25, -0.2) is 0 Å². The van der Waals surface area contributed by atoms with E-state index in [1.807, 2.05) is 0 Å². The van der Waals surface area contributed by atoms with Gasteiger partial charge in [-0.2, -0.15) is 0 Å². The van der Waals surface area contributed by atoms with Crippen LogP contribution < -0.4 is 60.9 Å². The molecule has 6 heteroatoms. The zero-order valence-corrected chi connectivity index (χ0v) is 12.6. The van der Waals surface area contributed by atoms with Crippen LogP contribution in [0.15, 0.2) is 18.5 Å². The molecule has 2 aromatic rings. The minimum absolute atomic E-state index is 0. The van der Waals surface area contributed by atoms with Crippen LogP contribution in [0.2, 0.25) is 0 Å². The molecular weight excluding hydrogens is 233 g/mol. The molecule has 0 amide bonds. The van der Waals surface area contributed by atoms with Gasteiger partial charge in [-0.15, -0.1) is 0 Å². The molecule has 78 valence electrons. The average molecular weight is 243 g/mol. The summed E-state index contributed by atoms with van der Waals surface area (Å²) in [5, 5.41) is 0.648. The molecule has 0 aliphatic heterocycles. The van der Waals surface area contributed by atoms with Gasteiger partial charge in [0.2, 0.25) is 0 Å². The molecule has 1 aromatic heterocycles. The second-order valence-corrected chi connectivity index (χ2v) is 2.95. The summed E-state index contributed by atoms with van der Waals surface area (Å²) in [6.45, 7) is 0. The van der Waals surface area contributed by atoms with Gasteiger partial charge in [0.05, 0.1) is 19.7 Å². The third kappa shape index (κ3) is 2.46. The first kappa shape index (κ1) is 13.7. The predicted molar refractivity (Wildman–Crippen MR) is 56.6 cm³/mol. The fourth-order valence-electron chi connectivity index (χ4n) is 1.38. The number of methoxy groups -OCH3 is 2. The summed E-state index contributed by atoms with van der Waals surface area (Å²) in [6.07, 6.45) is 1.36. The zero-order valence-electron chi connectivity index (χ0n) is 9.44. The molecule has 0 saturated carbocycles. The van der Waals surface area contributed by atoms with E-state index in [-0.39, 0.29) is 57.2 Å². The van der Waals surface area contributed by atoms with E-state index in [1.165, 1.54) is 6.33 Å². The third-order valence-electron chi connectivity index (χ3n) is 2.14. The van der Waals surface area contributed by atoms with Crippen LogP contribution >= 0.6 is 0 Å². The third-order valence-corrected chi connectivity index (χ3v) is 2.14. The molecule has 2 rings (SSSR count). The van der Waals surface area contributed by atoms with E-state index in [9.17, 15) is 0 Å². The van der Waals surface area contributed by atoms with Crippen molar-refractivity contribution in [2.45, 2.75) is 0 Å². The molecule has 16 heavy (non-hydrogen) atoms. The van der Waals surface area contributed by atoms with Gasteiger partial charge in [0.1, 0.15) is 0 Å². The maximum atomic E-state index is 7.62. The van der Waals surface area contributed by atoms with Gasteiger partial charge >= 0.3 is 51.4 Å². The summed E-state index contributed by atoms with van der Waals surface area (Å²) < 4.78 is 10.3. The van der Waals surface area contributed by atoms with E-state index < -0.39 is 0 Å². The number of hydrogen-bond acceptors (Lipinski definition) is 4. The normalized spacial score (nSPS) is 9.62. The Kier molecular flexibility index (Phi) is 4.94. The van der Waals surface area contributed by atoms with Crippen molar-refractivity contribution in [2.24, 2.45) is 0 Å². The number of nitrogens with zero attached hydrogens (tertiary/aromatic N) is 2. The quantitative estimate of drug-likeness (QED) is 0.656. The molecule has 1 aromatic carbocycles. The number of aromatic nitrogens is 2. The van der Waals surface area contributed by atoms with Crippen LogP contribution in [0.3, 0.4) is 0 Å². The van der Waals surface area contributed by atoms with Crippen molar-refractivity contribution in [1.82, 2.24) is 9.97 Å². The van der Waals surface area contributed by atoms with E-state index in [0.717, 1.165) is 0 Å². The molecule has 0 spiro atoms. The Labute approximate surface area is 136 Å². The van der Waals surface area contributed by atoms with Crippen LogP contribution in [-0.4, -0.2) is 24.2 Å². The van der Waals surface area contributed by atoms with Crippen LogP contribution in [0.4, 0.5) is 5.82 Å². The molecule has 0 bridgehead atoms. The van der Waals surface area contributed by atoms with Gasteiger partial charge in [0.15, 0.2) is 11.5 Å². The van der Waals surface area contributed by atoms with Gasteiger partial charge in [-0.1, -0.05) is 5.82 Å². The van der Waals surface area contributed by atoms with Crippen LogP contribution in [0.5, 0.6) is 11.5 Å². The summed E-state index contributed by atoms with van der Waals surface area (Å²) in [5.41, 5.74) is 8.29. The Morgan fingerprint density at radius 3 is 2.31 bits per heavy atom. The van der Waals surface area contributed by atoms with E-state index in [1.54, 1.807) is 26.4 Å². The van der Waals surface area contributed by atoms with Gasteiger partial charge in [0.25, 0.3) is 0 Å². The van der Waals surface area contributed by atoms with Gasteiger partial charge in [-0.05, 0) is 6.07 Å². The van der Waals surface area contributed by atoms with Crippen molar-refractivity contribution in [3.8, 4) is 11.5 Å². The van der Waals surface area contributed by atoms with E-state index >= 15 is 0 Å². The first-order chi connectivity index (χ1) is 7.26. The predicted octanol–water partition coefficient (Wildman–Crippen LogP) is -0.665. The second kappa shape index (κ2) is 5.79. The van der Waals surface area contributed by atoms with Crippen molar-refractivity contribution in [3.63, 3.8) is 0 Å². The topological polar surface area (TPSA) is 68.0 Å². The first-order valence-corrected chi connectivity index (χ1v) is 4.34. The number of ether oxygens (including phenoxy) is 2. The van der Waals surface area contributed by atoms with Crippen molar-refractivity contribution in [2.75, 3.05) is 14.2 Å². The Morgan fingerprint density at radius 2 is 1.69 bits per heavy atom. The van der Waals surface area contributed by atoms with E-state index in [4.69, 9.17) is 15.2 Å². The Bertz CT molecular complexity index is 505. The van der Waals surface area contributed by atoms with Crippen LogP contribution in [0.1, 0.15) is 0 Å². The fraction of sp³-hybridized carbons (Fsp3) is 0.200. The summed E-state index contributed by atoms with van der Waals surface area (Å²) in [7, 11) is 3.11. The number of hydrogen-bond donors (Lipinski definition) is 0. The molecule has 0 saturated heterocycles. The Hall–Kier alpha value is -0.404. The van der Waals surface area contributed by atoms with Crippen molar-refractivity contribution in [1.29, 1.82) is 0 Å². The summed E-state index contributed by atoms with van der Waals surface area (Å²) >= 11 is 0. The molecule has 0 fully saturated rings. The summed E-state index contributed by atoms with van der Waals surface area (Å²) in [4.78, 5) is 7.86. The van der Waals surface area contributed by atoms with Gasteiger partial charge < -0.3 is 20.2 Å². The van der Waals surface area contributed by atoms with Crippen LogP contribution in [0.25, 0.3) is 16.6 Å². The summed E-state index contributed by atoms with van der Waals surface area (Å²) in [5.74, 6) is 1.36. The molecule has 1 N–H and O–H groups in total. The number of nitrogens with one attached hydrogen (secondary N) is 1. The van der Waals surface area contributed by atoms with Crippen molar-refractivity contribution < 1.29 is 60.9 Å². The zero-order chi connectivity index (χ0) is 10.8. The molecule has 0 aliphatic rings. The Morgan fingerprint density at radius 1 is 1.06 bits per heavy atom. The molecule has 0 radical (unpaired) electrons. The number of benzene rings is 1. The Balaban J connectivity index is 0.00000128. The van der Waals surface area contributed by atoms with Crippen molar-refractivity contribution in [3.05, 3.63) is 24.2 Å². The van der Waals surface area contributed by atoms with Crippen LogP contribution in [-0.2, 0) is 0 Å². The van der Waals surface area contributed by atoms with Crippen molar-refractivity contribution >= 4 is 16.7 Å². The second-order valence-electron chi connectivity index (χ2n) is 2.95. The van der Waals surface area contributed by atoms with Crippen LogP contribution in [0, 0.1) is 0 Å². The van der Waals surface area contributed by atoms with E-state index in [2.05, 4.69) is 9.97 Å². The SMILES string of the molecule is COc1cc2ncnc([NH-])c2cc1OC.[K+]. The van der Waals surface area contributed by atoms with Gasteiger partial charge in [-0.3, -0.25) is 4.98 Å². The number of fused-ring (bicyclic) bond motifs is 1. The largest absolute Gasteiger partial charge is 1.00 e. The fourth-order valence-corrected chi connectivity index (χ4v) is 1.38. The summed E-state index contributed by atoms with van der Waals surface area (Å²) in [6, 6.07) is 3.43. The minimum Gasteiger partial charge on any atom is -0.493 e. The standard InChI is InChI=1S/C10H10N3O2.K/c1-14-8-3-6-7(4-9(8)15-2)12-5-13-10(6)11;/h3-5H,1-2H3,(H-,11,12,13);/q-1;+1. The molecule has 0 aliphatic carbocycles. The molecule has 0 unspecified atom stereocenters.